The lowest BCUT2D eigenvalue weighted by molar-refractivity contribution is -0.122. The summed E-state index contributed by atoms with van der Waals surface area (Å²) in [5, 5.41) is 13.9. The standard InChI is InChI=1S/C20H21N3O2/c24-19(12-16-13-23-11-4-3-9-18(23)22-16)21-14-20(25)10-5-7-15-6-1-2-8-17(15)20/h1-4,6,8-9,11,13,25H,5,7,10,12,14H2,(H,21,24). The molecule has 1 aliphatic carbocycles. The number of rotatable bonds is 4. The van der Waals surface area contributed by atoms with Crippen LogP contribution in [0.4, 0.5) is 0 Å². The molecule has 0 spiro atoms. The summed E-state index contributed by atoms with van der Waals surface area (Å²) in [5.41, 5.74) is 2.67. The molecule has 1 amide bonds. The molecular formula is C20H21N3O2. The zero-order valence-corrected chi connectivity index (χ0v) is 14.0. The molecule has 5 heteroatoms. The number of nitrogens with zero attached hydrogens (tertiary/aromatic N) is 2. The van der Waals surface area contributed by atoms with Crippen molar-refractivity contribution in [2.45, 2.75) is 31.3 Å². The van der Waals surface area contributed by atoms with E-state index < -0.39 is 5.60 Å². The van der Waals surface area contributed by atoms with Gasteiger partial charge < -0.3 is 14.8 Å². The number of aliphatic hydroxyl groups is 1. The van der Waals surface area contributed by atoms with E-state index in [2.05, 4.69) is 16.4 Å². The van der Waals surface area contributed by atoms with Crippen molar-refractivity contribution in [1.29, 1.82) is 0 Å². The number of carbonyl (C=O) groups is 1. The zero-order valence-electron chi connectivity index (χ0n) is 14.0. The molecule has 0 bridgehead atoms. The molecule has 0 fully saturated rings. The fourth-order valence-electron chi connectivity index (χ4n) is 3.63. The van der Waals surface area contributed by atoms with Gasteiger partial charge in [0.05, 0.1) is 18.7 Å². The van der Waals surface area contributed by atoms with E-state index >= 15 is 0 Å². The molecule has 1 atom stereocenters. The Hall–Kier alpha value is -2.66. The smallest absolute Gasteiger partial charge is 0.226 e. The van der Waals surface area contributed by atoms with Crippen LogP contribution in [0.25, 0.3) is 5.65 Å². The molecule has 25 heavy (non-hydrogen) atoms. The van der Waals surface area contributed by atoms with Gasteiger partial charge in [-0.15, -0.1) is 0 Å². The minimum absolute atomic E-state index is 0.125. The van der Waals surface area contributed by atoms with E-state index in [0.717, 1.165) is 29.7 Å². The van der Waals surface area contributed by atoms with Crippen molar-refractivity contribution >= 4 is 11.6 Å². The van der Waals surface area contributed by atoms with Crippen molar-refractivity contribution in [3.63, 3.8) is 0 Å². The third-order valence-electron chi connectivity index (χ3n) is 4.89. The molecule has 0 radical (unpaired) electrons. The van der Waals surface area contributed by atoms with Crippen LogP contribution in [0.3, 0.4) is 0 Å². The number of aryl methyl sites for hydroxylation is 1. The van der Waals surface area contributed by atoms with E-state index in [-0.39, 0.29) is 18.9 Å². The number of hydrogen-bond acceptors (Lipinski definition) is 3. The molecule has 1 unspecified atom stereocenters. The Bertz CT molecular complexity index is 885. The number of aromatic nitrogens is 2. The van der Waals surface area contributed by atoms with Crippen LogP contribution in [-0.2, 0) is 23.2 Å². The first-order valence-electron chi connectivity index (χ1n) is 8.64. The molecule has 2 aromatic heterocycles. The van der Waals surface area contributed by atoms with E-state index in [9.17, 15) is 9.90 Å². The van der Waals surface area contributed by atoms with Gasteiger partial charge >= 0.3 is 0 Å². The molecule has 5 nitrogen and oxygen atoms in total. The molecule has 3 aromatic rings. The topological polar surface area (TPSA) is 66.6 Å². The van der Waals surface area contributed by atoms with Gasteiger partial charge in [-0.25, -0.2) is 4.98 Å². The molecule has 0 aliphatic heterocycles. The van der Waals surface area contributed by atoms with Crippen LogP contribution in [-0.4, -0.2) is 26.9 Å². The third-order valence-corrected chi connectivity index (χ3v) is 4.89. The molecule has 1 aliphatic rings. The third kappa shape index (κ3) is 3.15. The fourth-order valence-corrected chi connectivity index (χ4v) is 3.63. The van der Waals surface area contributed by atoms with Crippen molar-refractivity contribution in [1.82, 2.24) is 14.7 Å². The summed E-state index contributed by atoms with van der Waals surface area (Å²) in [7, 11) is 0. The number of nitrogens with one attached hydrogen (secondary N) is 1. The average molecular weight is 335 g/mol. The van der Waals surface area contributed by atoms with Crippen molar-refractivity contribution < 1.29 is 9.90 Å². The van der Waals surface area contributed by atoms with Crippen molar-refractivity contribution in [3.8, 4) is 0 Å². The van der Waals surface area contributed by atoms with Gasteiger partial charge in [-0.05, 0) is 42.5 Å². The highest BCUT2D eigenvalue weighted by molar-refractivity contribution is 5.78. The van der Waals surface area contributed by atoms with Gasteiger partial charge in [0.2, 0.25) is 5.91 Å². The molecule has 0 saturated heterocycles. The van der Waals surface area contributed by atoms with E-state index in [1.807, 2.05) is 53.2 Å². The highest BCUT2D eigenvalue weighted by Crippen LogP contribution is 2.34. The number of hydrogen-bond donors (Lipinski definition) is 2. The van der Waals surface area contributed by atoms with Crippen molar-refractivity contribution in [2.24, 2.45) is 0 Å². The molecule has 2 heterocycles. The van der Waals surface area contributed by atoms with Gasteiger partial charge in [-0.1, -0.05) is 30.3 Å². The zero-order chi connectivity index (χ0) is 17.3. The lowest BCUT2D eigenvalue weighted by Gasteiger charge is -2.34. The van der Waals surface area contributed by atoms with Gasteiger partial charge in [-0.3, -0.25) is 4.79 Å². The largest absolute Gasteiger partial charge is 0.383 e. The highest BCUT2D eigenvalue weighted by atomic mass is 16.3. The van der Waals surface area contributed by atoms with Crippen molar-refractivity contribution in [3.05, 3.63) is 71.7 Å². The minimum Gasteiger partial charge on any atom is -0.383 e. The van der Waals surface area contributed by atoms with Crippen LogP contribution < -0.4 is 5.32 Å². The van der Waals surface area contributed by atoms with Crippen LogP contribution in [0, 0.1) is 0 Å². The van der Waals surface area contributed by atoms with Crippen molar-refractivity contribution in [2.75, 3.05) is 6.54 Å². The number of pyridine rings is 1. The summed E-state index contributed by atoms with van der Waals surface area (Å²) in [4.78, 5) is 16.8. The number of imidazole rings is 1. The quantitative estimate of drug-likeness (QED) is 0.768. The first-order valence-corrected chi connectivity index (χ1v) is 8.64. The van der Waals surface area contributed by atoms with E-state index in [1.165, 1.54) is 5.56 Å². The average Bonchev–Trinajstić information content (AvgIpc) is 3.03. The van der Waals surface area contributed by atoms with Gasteiger partial charge in [0.1, 0.15) is 11.2 Å². The van der Waals surface area contributed by atoms with Crippen LogP contribution in [0.1, 0.15) is 29.7 Å². The summed E-state index contributed by atoms with van der Waals surface area (Å²) < 4.78 is 1.90. The van der Waals surface area contributed by atoms with Gasteiger partial charge in [-0.2, -0.15) is 0 Å². The van der Waals surface area contributed by atoms with E-state index in [1.54, 1.807) is 0 Å². The first-order chi connectivity index (χ1) is 12.1. The molecule has 128 valence electrons. The summed E-state index contributed by atoms with van der Waals surface area (Å²) in [5.74, 6) is -0.125. The second-order valence-electron chi connectivity index (χ2n) is 6.69. The Morgan fingerprint density at radius 2 is 2.08 bits per heavy atom. The summed E-state index contributed by atoms with van der Waals surface area (Å²) >= 11 is 0. The number of fused-ring (bicyclic) bond motifs is 2. The van der Waals surface area contributed by atoms with E-state index in [0.29, 0.717) is 6.42 Å². The molecule has 0 saturated carbocycles. The maximum Gasteiger partial charge on any atom is 0.226 e. The monoisotopic (exact) mass is 335 g/mol. The maximum absolute atomic E-state index is 12.3. The molecule has 2 N–H and O–H groups in total. The van der Waals surface area contributed by atoms with Crippen LogP contribution in [0.2, 0.25) is 0 Å². The molecular weight excluding hydrogens is 314 g/mol. The van der Waals surface area contributed by atoms with Crippen LogP contribution in [0.15, 0.2) is 54.9 Å². The Kier molecular flexibility index (Phi) is 4.01. The summed E-state index contributed by atoms with van der Waals surface area (Å²) in [6.45, 7) is 0.232. The lowest BCUT2D eigenvalue weighted by Crippen LogP contribution is -2.43. The van der Waals surface area contributed by atoms with Gasteiger partial charge in [0.15, 0.2) is 0 Å². The SMILES string of the molecule is O=C(Cc1cn2ccccc2n1)NCC1(O)CCCc2ccccc21. The highest BCUT2D eigenvalue weighted by Gasteiger charge is 2.34. The fraction of sp³-hybridized carbons (Fsp3) is 0.300. The number of carbonyl (C=O) groups excluding carboxylic acids is 1. The predicted molar refractivity (Wildman–Crippen MR) is 95.2 cm³/mol. The second-order valence-corrected chi connectivity index (χ2v) is 6.69. The number of amides is 1. The Labute approximate surface area is 146 Å². The summed E-state index contributed by atoms with van der Waals surface area (Å²) in [6, 6.07) is 13.7. The second kappa shape index (κ2) is 6.33. The maximum atomic E-state index is 12.3. The van der Waals surface area contributed by atoms with Crippen LogP contribution in [0.5, 0.6) is 0 Å². The Morgan fingerprint density at radius 3 is 2.96 bits per heavy atom. The van der Waals surface area contributed by atoms with Crippen LogP contribution >= 0.6 is 0 Å². The minimum atomic E-state index is -0.983. The molecule has 4 rings (SSSR count). The number of benzene rings is 1. The Balaban J connectivity index is 1.43. The summed E-state index contributed by atoms with van der Waals surface area (Å²) in [6.07, 6.45) is 6.55. The normalized spacial score (nSPS) is 19.6. The molecule has 1 aromatic carbocycles. The van der Waals surface area contributed by atoms with Gasteiger partial charge in [0.25, 0.3) is 0 Å². The predicted octanol–water partition coefficient (Wildman–Crippen LogP) is 2.22. The van der Waals surface area contributed by atoms with Gasteiger partial charge in [0, 0.05) is 12.4 Å². The Morgan fingerprint density at radius 1 is 1.24 bits per heavy atom. The first kappa shape index (κ1) is 15.8. The van der Waals surface area contributed by atoms with E-state index in [4.69, 9.17) is 0 Å². The lowest BCUT2D eigenvalue weighted by atomic mass is 9.79.